The van der Waals surface area contributed by atoms with Gasteiger partial charge in [-0.15, -0.1) is 0 Å². The number of thiophene rings is 1. The van der Waals surface area contributed by atoms with Gasteiger partial charge in [0, 0.05) is 12.0 Å². The third-order valence-corrected chi connectivity index (χ3v) is 5.13. The summed E-state index contributed by atoms with van der Waals surface area (Å²) in [6, 6.07) is 10.4. The summed E-state index contributed by atoms with van der Waals surface area (Å²) in [6.45, 7) is 7.23. The maximum absolute atomic E-state index is 9.29. The van der Waals surface area contributed by atoms with E-state index in [1.807, 2.05) is 18.2 Å². The molecule has 2 aromatic rings. The molecule has 1 heterocycles. The Bertz CT molecular complexity index is 858. The summed E-state index contributed by atoms with van der Waals surface area (Å²) < 4.78 is 5.93. The molecule has 30 heavy (non-hydrogen) atoms. The van der Waals surface area contributed by atoms with Crippen molar-refractivity contribution in [3.8, 4) is 28.7 Å². The van der Waals surface area contributed by atoms with Crippen LogP contribution < -0.4 is 4.74 Å². The lowest BCUT2D eigenvalue weighted by Crippen LogP contribution is -1.98. The maximum atomic E-state index is 9.29. The van der Waals surface area contributed by atoms with Gasteiger partial charge >= 0.3 is 0 Å². The van der Waals surface area contributed by atoms with Gasteiger partial charge in [-0.3, -0.25) is 0 Å². The summed E-state index contributed by atoms with van der Waals surface area (Å²) >= 11 is 1.71. The van der Waals surface area contributed by atoms with Gasteiger partial charge in [-0.25, -0.2) is 0 Å². The van der Waals surface area contributed by atoms with E-state index in [9.17, 15) is 5.11 Å². The van der Waals surface area contributed by atoms with E-state index < -0.39 is 0 Å². The smallest absolute Gasteiger partial charge is 0.119 e. The third-order valence-electron chi connectivity index (χ3n) is 4.45. The van der Waals surface area contributed by atoms with E-state index in [0.717, 1.165) is 44.5 Å². The van der Waals surface area contributed by atoms with Gasteiger partial charge in [0.1, 0.15) is 5.75 Å². The first kappa shape index (κ1) is 24.0. The Labute approximate surface area is 186 Å². The van der Waals surface area contributed by atoms with Crippen molar-refractivity contribution in [2.45, 2.75) is 52.9 Å². The van der Waals surface area contributed by atoms with Crippen molar-refractivity contribution in [3.05, 3.63) is 64.9 Å². The molecule has 0 spiro atoms. The Hall–Kier alpha value is -2.28. The molecule has 0 unspecified atom stereocenters. The van der Waals surface area contributed by atoms with Crippen LogP contribution in [0.2, 0.25) is 0 Å². The van der Waals surface area contributed by atoms with Crippen LogP contribution in [0.4, 0.5) is 0 Å². The largest absolute Gasteiger partial charge is 0.494 e. The van der Waals surface area contributed by atoms with Gasteiger partial charge in [0.25, 0.3) is 0 Å². The van der Waals surface area contributed by atoms with E-state index in [2.05, 4.69) is 73.7 Å². The second-order valence-corrected chi connectivity index (χ2v) is 9.13. The number of rotatable bonds is 11. The molecule has 0 saturated heterocycles. The molecule has 1 aromatic carbocycles. The first-order valence-corrected chi connectivity index (χ1v) is 11.6. The minimum atomic E-state index is 0.0292. The molecule has 0 aliphatic heterocycles. The number of hydrogen-bond donors (Lipinski definition) is 1. The van der Waals surface area contributed by atoms with Gasteiger partial charge in [-0.2, -0.15) is 11.3 Å². The third kappa shape index (κ3) is 9.96. The summed E-state index contributed by atoms with van der Waals surface area (Å²) in [4.78, 5) is 0. The zero-order chi connectivity index (χ0) is 21.7. The molecule has 0 saturated carbocycles. The fraction of sp³-hybridized carbons (Fsp3) is 0.407. The number of aliphatic hydroxyl groups excluding tert-OH is 1. The molecule has 0 fully saturated rings. The van der Waals surface area contributed by atoms with Crippen molar-refractivity contribution in [2.75, 3.05) is 13.2 Å². The van der Waals surface area contributed by atoms with Gasteiger partial charge in [0.2, 0.25) is 0 Å². The predicted molar refractivity (Wildman–Crippen MR) is 130 cm³/mol. The number of hydrogen-bond acceptors (Lipinski definition) is 3. The van der Waals surface area contributed by atoms with Crippen LogP contribution in [-0.4, -0.2) is 18.3 Å². The highest BCUT2D eigenvalue weighted by atomic mass is 32.1. The van der Waals surface area contributed by atoms with Crippen molar-refractivity contribution in [2.24, 2.45) is 5.41 Å². The Morgan fingerprint density at radius 2 is 2.03 bits per heavy atom. The normalized spacial score (nSPS) is 12.1. The standard InChI is InChI=1S/C27H34O2S/c1-27(2,3)17-8-4-6-11-23(15-18-28)12-7-5-9-19-29-26-14-10-13-24(21-26)25-16-20-30-22-25/h4,6,10,12-14,16,20-22,28H,5,7,9,11,15,18-19H2,1-3H3/b6-4+,23-12+. The quantitative estimate of drug-likeness (QED) is 0.234. The SMILES string of the molecule is CC(C)(C)C#C/C=C/C/C(=C\CCCCOc1cccc(-c2ccsc2)c1)CCO. The average molecular weight is 423 g/mol. The molecule has 0 aliphatic rings. The minimum Gasteiger partial charge on any atom is -0.494 e. The number of benzene rings is 1. The van der Waals surface area contributed by atoms with Crippen molar-refractivity contribution in [3.63, 3.8) is 0 Å². The molecule has 1 aromatic heterocycles. The fourth-order valence-corrected chi connectivity index (χ4v) is 3.56. The Morgan fingerprint density at radius 1 is 1.17 bits per heavy atom. The average Bonchev–Trinajstić information content (AvgIpc) is 3.24. The monoisotopic (exact) mass is 422 g/mol. The molecule has 0 atom stereocenters. The van der Waals surface area contributed by atoms with Crippen LogP contribution in [0.3, 0.4) is 0 Å². The first-order chi connectivity index (χ1) is 14.5. The van der Waals surface area contributed by atoms with Crippen molar-refractivity contribution in [1.29, 1.82) is 0 Å². The lowest BCUT2D eigenvalue weighted by molar-refractivity contribution is 0.298. The van der Waals surface area contributed by atoms with Gasteiger partial charge in [-0.1, -0.05) is 41.7 Å². The molecule has 0 radical (unpaired) electrons. The highest BCUT2D eigenvalue weighted by molar-refractivity contribution is 7.08. The van der Waals surface area contributed by atoms with E-state index in [-0.39, 0.29) is 12.0 Å². The molecule has 0 aliphatic carbocycles. The van der Waals surface area contributed by atoms with E-state index in [4.69, 9.17) is 4.74 Å². The molecule has 2 rings (SSSR count). The number of unbranched alkanes of at least 4 members (excludes halogenated alkanes) is 2. The van der Waals surface area contributed by atoms with Crippen LogP contribution in [0.15, 0.2) is 64.9 Å². The lowest BCUT2D eigenvalue weighted by Gasteiger charge is -2.08. The highest BCUT2D eigenvalue weighted by Gasteiger charge is 2.02. The van der Waals surface area contributed by atoms with Crippen molar-refractivity contribution >= 4 is 11.3 Å². The lowest BCUT2D eigenvalue weighted by atomic mass is 9.98. The second kappa shape index (κ2) is 13.1. The Morgan fingerprint density at radius 3 is 2.77 bits per heavy atom. The molecule has 0 bridgehead atoms. The molecule has 0 amide bonds. The van der Waals surface area contributed by atoms with Crippen LogP contribution in [0.1, 0.15) is 52.9 Å². The first-order valence-electron chi connectivity index (χ1n) is 10.7. The van der Waals surface area contributed by atoms with Crippen LogP contribution in [-0.2, 0) is 0 Å². The van der Waals surface area contributed by atoms with Crippen LogP contribution in [0.5, 0.6) is 5.75 Å². The topological polar surface area (TPSA) is 29.5 Å². The summed E-state index contributed by atoms with van der Waals surface area (Å²) in [5.41, 5.74) is 3.74. The van der Waals surface area contributed by atoms with Gasteiger partial charge in [-0.05, 0) is 99.0 Å². The molecule has 2 nitrogen and oxygen atoms in total. The van der Waals surface area contributed by atoms with Crippen molar-refractivity contribution < 1.29 is 9.84 Å². The van der Waals surface area contributed by atoms with E-state index in [1.54, 1.807) is 11.3 Å². The molecule has 1 N–H and O–H groups in total. The zero-order valence-corrected chi connectivity index (χ0v) is 19.3. The van der Waals surface area contributed by atoms with E-state index >= 15 is 0 Å². The molecular formula is C27H34O2S. The second-order valence-electron chi connectivity index (χ2n) is 8.35. The molecule has 3 heteroatoms. The zero-order valence-electron chi connectivity index (χ0n) is 18.5. The summed E-state index contributed by atoms with van der Waals surface area (Å²) in [5, 5.41) is 13.5. The van der Waals surface area contributed by atoms with Crippen LogP contribution in [0.25, 0.3) is 11.1 Å². The van der Waals surface area contributed by atoms with Crippen LogP contribution >= 0.6 is 11.3 Å². The van der Waals surface area contributed by atoms with Gasteiger partial charge in [0.05, 0.1) is 6.61 Å². The summed E-state index contributed by atoms with van der Waals surface area (Å²) in [5.74, 6) is 7.23. The number of ether oxygens (including phenoxy) is 1. The predicted octanol–water partition coefficient (Wildman–Crippen LogP) is 7.27. The fourth-order valence-electron chi connectivity index (χ4n) is 2.90. The highest BCUT2D eigenvalue weighted by Crippen LogP contribution is 2.25. The number of allylic oxidation sites excluding steroid dienone is 3. The van der Waals surface area contributed by atoms with Gasteiger partial charge in [0.15, 0.2) is 0 Å². The summed E-state index contributed by atoms with van der Waals surface area (Å²) in [6.07, 6.45) is 10.9. The Balaban J connectivity index is 1.71. The minimum absolute atomic E-state index is 0.0292. The maximum Gasteiger partial charge on any atom is 0.119 e. The van der Waals surface area contributed by atoms with Crippen molar-refractivity contribution in [1.82, 2.24) is 0 Å². The molecule has 160 valence electrons. The number of aliphatic hydroxyl groups is 1. The summed E-state index contributed by atoms with van der Waals surface area (Å²) in [7, 11) is 0. The van der Waals surface area contributed by atoms with E-state index in [1.165, 1.54) is 16.7 Å². The molecular weight excluding hydrogens is 388 g/mol. The van der Waals surface area contributed by atoms with Gasteiger partial charge < -0.3 is 9.84 Å². The van der Waals surface area contributed by atoms with E-state index in [0.29, 0.717) is 0 Å². The Kier molecular flexibility index (Phi) is 10.5. The van der Waals surface area contributed by atoms with Crippen LogP contribution in [0, 0.1) is 17.3 Å².